The Hall–Kier alpha value is -3.15. The molecule has 37 heavy (non-hydrogen) atoms. The number of aromatic amines is 1. The molecule has 200 valence electrons. The topological polar surface area (TPSA) is 56.4 Å². The van der Waals surface area contributed by atoms with Crippen LogP contribution in [0.1, 0.15) is 64.5 Å². The van der Waals surface area contributed by atoms with Crippen molar-refractivity contribution in [1.29, 1.82) is 0 Å². The van der Waals surface area contributed by atoms with Crippen LogP contribution in [-0.2, 0) is 22.6 Å². The molecule has 3 rings (SSSR count). The maximum absolute atomic E-state index is 13.7. The van der Waals surface area contributed by atoms with Gasteiger partial charge in [0.1, 0.15) is 5.82 Å². The van der Waals surface area contributed by atoms with E-state index < -0.39 is 0 Å². The van der Waals surface area contributed by atoms with E-state index >= 15 is 0 Å². The number of benzene rings is 2. The number of unbranched alkanes of at least 4 members (excludes halogenated alkanes) is 1. The average molecular weight is 508 g/mol. The summed E-state index contributed by atoms with van der Waals surface area (Å²) in [5.74, 6) is -0.0906. The van der Waals surface area contributed by atoms with Crippen molar-refractivity contribution in [2.75, 3.05) is 19.6 Å². The first-order valence-corrected chi connectivity index (χ1v) is 13.7. The van der Waals surface area contributed by atoms with E-state index in [9.17, 15) is 14.0 Å². The highest BCUT2D eigenvalue weighted by Gasteiger charge is 2.27. The molecule has 0 spiro atoms. The smallest absolute Gasteiger partial charge is 0.242 e. The molecular formula is C31H42FN3O2. The number of fused-ring (bicyclic) bond motifs is 1. The molecule has 0 aliphatic carbocycles. The van der Waals surface area contributed by atoms with Crippen molar-refractivity contribution in [3.63, 3.8) is 0 Å². The fourth-order valence-corrected chi connectivity index (χ4v) is 4.84. The highest BCUT2D eigenvalue weighted by Crippen LogP contribution is 2.20. The highest BCUT2D eigenvalue weighted by atomic mass is 19.1. The number of carbonyl (C=O) groups excluding carboxylic acids is 2. The van der Waals surface area contributed by atoms with Crippen molar-refractivity contribution in [2.24, 2.45) is 11.8 Å². The van der Waals surface area contributed by atoms with E-state index in [1.807, 2.05) is 29.3 Å². The van der Waals surface area contributed by atoms with Crippen LogP contribution in [0, 0.1) is 17.7 Å². The lowest BCUT2D eigenvalue weighted by molar-refractivity contribution is -0.144. The molecule has 1 aromatic heterocycles. The summed E-state index contributed by atoms with van der Waals surface area (Å²) in [7, 11) is 0. The van der Waals surface area contributed by atoms with E-state index in [1.165, 1.54) is 12.1 Å². The monoisotopic (exact) mass is 507 g/mol. The van der Waals surface area contributed by atoms with Crippen LogP contribution >= 0.6 is 0 Å². The number of carbonyl (C=O) groups is 2. The summed E-state index contributed by atoms with van der Waals surface area (Å²) < 4.78 is 13.5. The third-order valence-corrected chi connectivity index (χ3v) is 6.94. The van der Waals surface area contributed by atoms with Gasteiger partial charge < -0.3 is 14.8 Å². The molecule has 0 saturated heterocycles. The first kappa shape index (κ1) is 28.4. The number of hydrogen-bond acceptors (Lipinski definition) is 2. The van der Waals surface area contributed by atoms with Crippen molar-refractivity contribution in [3.05, 3.63) is 71.7 Å². The molecule has 2 amide bonds. The van der Waals surface area contributed by atoms with Gasteiger partial charge in [0.25, 0.3) is 0 Å². The first-order chi connectivity index (χ1) is 17.8. The van der Waals surface area contributed by atoms with E-state index in [0.29, 0.717) is 26.1 Å². The zero-order valence-electron chi connectivity index (χ0n) is 22.8. The zero-order chi connectivity index (χ0) is 26.8. The van der Waals surface area contributed by atoms with E-state index in [4.69, 9.17) is 0 Å². The molecule has 5 nitrogen and oxygen atoms in total. The lowest BCUT2D eigenvalue weighted by Gasteiger charge is -2.31. The van der Waals surface area contributed by atoms with Gasteiger partial charge in [0.2, 0.25) is 11.8 Å². The van der Waals surface area contributed by atoms with Gasteiger partial charge in [-0.25, -0.2) is 4.39 Å². The molecular weight excluding hydrogens is 465 g/mol. The van der Waals surface area contributed by atoms with Crippen molar-refractivity contribution in [2.45, 2.75) is 66.3 Å². The minimum atomic E-state index is -0.299. The largest absolute Gasteiger partial charge is 0.361 e. The fraction of sp³-hybridized carbons (Fsp3) is 0.484. The van der Waals surface area contributed by atoms with Crippen LogP contribution in [-0.4, -0.2) is 46.2 Å². The van der Waals surface area contributed by atoms with E-state index in [0.717, 1.165) is 47.7 Å². The fourth-order valence-electron chi connectivity index (χ4n) is 4.84. The molecule has 0 saturated carbocycles. The number of nitrogens with one attached hydrogen (secondary N) is 1. The van der Waals surface area contributed by atoms with Crippen molar-refractivity contribution >= 4 is 22.7 Å². The second-order valence-corrected chi connectivity index (χ2v) is 10.4. The van der Waals surface area contributed by atoms with Crippen LogP contribution in [0.2, 0.25) is 0 Å². The second kappa shape index (κ2) is 14.0. The summed E-state index contributed by atoms with van der Waals surface area (Å²) in [6.45, 7) is 9.83. The number of rotatable bonds is 14. The third-order valence-electron chi connectivity index (χ3n) is 6.94. The average Bonchev–Trinajstić information content (AvgIpc) is 3.30. The summed E-state index contributed by atoms with van der Waals surface area (Å²) in [6, 6.07) is 14.4. The van der Waals surface area contributed by atoms with Gasteiger partial charge in [-0.2, -0.15) is 0 Å². The Bertz CT molecular complexity index is 1140. The minimum absolute atomic E-state index is 0.0525. The molecule has 2 aromatic carbocycles. The maximum atomic E-state index is 13.7. The lowest BCUT2D eigenvalue weighted by atomic mass is 9.97. The van der Waals surface area contributed by atoms with Gasteiger partial charge in [0, 0.05) is 42.7 Å². The molecule has 0 fully saturated rings. The first-order valence-electron chi connectivity index (χ1n) is 13.7. The SMILES string of the molecule is CCCC[C@@H](CC)C(=O)N(CC(=O)N(CCc1c[nH]c2ccccc12)Cc1ccc(F)cc1)CC(C)C. The summed E-state index contributed by atoms with van der Waals surface area (Å²) in [5, 5.41) is 1.15. The Balaban J connectivity index is 1.79. The van der Waals surface area contributed by atoms with Gasteiger partial charge >= 0.3 is 0 Å². The molecule has 0 bridgehead atoms. The van der Waals surface area contributed by atoms with Gasteiger partial charge in [-0.15, -0.1) is 0 Å². The third kappa shape index (κ3) is 8.17. The summed E-state index contributed by atoms with van der Waals surface area (Å²) >= 11 is 0. The molecule has 0 unspecified atom stereocenters. The van der Waals surface area contributed by atoms with Gasteiger partial charge in [0.05, 0.1) is 6.54 Å². The van der Waals surface area contributed by atoms with Crippen LogP contribution in [0.5, 0.6) is 0 Å². The predicted octanol–water partition coefficient (Wildman–Crippen LogP) is 6.58. The number of H-pyrrole nitrogens is 1. The van der Waals surface area contributed by atoms with Crippen LogP contribution < -0.4 is 0 Å². The van der Waals surface area contributed by atoms with Crippen molar-refractivity contribution < 1.29 is 14.0 Å². The standard InChI is InChI=1S/C31H42FN3O2/c1-5-7-10-25(6-2)31(37)35(20-23(3)4)22-30(36)34(21-24-13-15-27(32)16-14-24)18-17-26-19-33-29-12-9-8-11-28(26)29/h8-9,11-16,19,23,25,33H,5-7,10,17-18,20-22H2,1-4H3/t25-/m1/s1. The van der Waals surface area contributed by atoms with E-state index in [1.54, 1.807) is 17.0 Å². The lowest BCUT2D eigenvalue weighted by Crippen LogP contribution is -2.46. The Morgan fingerprint density at radius 1 is 1.00 bits per heavy atom. The Kier molecular flexibility index (Phi) is 10.7. The molecule has 6 heteroatoms. The number of halogens is 1. The van der Waals surface area contributed by atoms with Crippen LogP contribution in [0.15, 0.2) is 54.7 Å². The van der Waals surface area contributed by atoms with Gasteiger partial charge in [-0.3, -0.25) is 9.59 Å². The Morgan fingerprint density at radius 3 is 2.41 bits per heavy atom. The summed E-state index contributed by atoms with van der Waals surface area (Å²) in [5.41, 5.74) is 3.08. The van der Waals surface area contributed by atoms with Gasteiger partial charge in [-0.05, 0) is 54.5 Å². The number of amides is 2. The highest BCUT2D eigenvalue weighted by molar-refractivity contribution is 5.86. The van der Waals surface area contributed by atoms with Crippen LogP contribution in [0.4, 0.5) is 4.39 Å². The molecule has 0 aliphatic rings. The van der Waals surface area contributed by atoms with Crippen LogP contribution in [0.25, 0.3) is 10.9 Å². The quantitative estimate of drug-likeness (QED) is 0.268. The van der Waals surface area contributed by atoms with Crippen LogP contribution in [0.3, 0.4) is 0 Å². The minimum Gasteiger partial charge on any atom is -0.361 e. The molecule has 1 heterocycles. The molecule has 3 aromatic rings. The number of aromatic nitrogens is 1. The summed E-state index contributed by atoms with van der Waals surface area (Å²) in [6.07, 6.45) is 6.37. The number of para-hydroxylation sites is 1. The predicted molar refractivity (Wildman–Crippen MR) is 149 cm³/mol. The van der Waals surface area contributed by atoms with Gasteiger partial charge in [0.15, 0.2) is 0 Å². The Morgan fingerprint density at radius 2 is 1.73 bits per heavy atom. The van der Waals surface area contributed by atoms with E-state index in [2.05, 4.69) is 38.7 Å². The van der Waals surface area contributed by atoms with Crippen molar-refractivity contribution in [1.82, 2.24) is 14.8 Å². The zero-order valence-corrected chi connectivity index (χ0v) is 22.8. The second-order valence-electron chi connectivity index (χ2n) is 10.4. The van der Waals surface area contributed by atoms with Crippen molar-refractivity contribution in [3.8, 4) is 0 Å². The Labute approximate surface area is 221 Å². The molecule has 1 N–H and O–H groups in total. The molecule has 1 atom stereocenters. The molecule has 0 aliphatic heterocycles. The van der Waals surface area contributed by atoms with Gasteiger partial charge in [-0.1, -0.05) is 70.9 Å². The molecule has 0 radical (unpaired) electrons. The van der Waals surface area contributed by atoms with E-state index in [-0.39, 0.29) is 36.0 Å². The number of nitrogens with zero attached hydrogens (tertiary/aromatic N) is 2. The maximum Gasteiger partial charge on any atom is 0.242 e. The summed E-state index contributed by atoms with van der Waals surface area (Å²) in [4.78, 5) is 34.1. The normalized spacial score (nSPS) is 12.2. The number of hydrogen-bond donors (Lipinski definition) is 1.